The Morgan fingerprint density at radius 3 is 2.18 bits per heavy atom. The highest BCUT2D eigenvalue weighted by molar-refractivity contribution is 7.59. The van der Waals surface area contributed by atoms with Crippen LogP contribution < -0.4 is 14.2 Å². The summed E-state index contributed by atoms with van der Waals surface area (Å²) < 4.78 is 56.1. The molecule has 4 aliphatic rings. The van der Waals surface area contributed by atoms with Gasteiger partial charge in [0.25, 0.3) is 0 Å². The molecule has 7 rings (SSSR count). The second kappa shape index (κ2) is 15.8. The molecule has 0 unspecified atom stereocenters. The summed E-state index contributed by atoms with van der Waals surface area (Å²) in [5, 5.41) is 0. The number of hydrogen-bond donors (Lipinski definition) is 0. The van der Waals surface area contributed by atoms with Gasteiger partial charge in [-0.15, -0.1) is 12.6 Å². The van der Waals surface area contributed by atoms with Crippen molar-refractivity contribution in [2.24, 2.45) is 0 Å². The summed E-state index contributed by atoms with van der Waals surface area (Å²) in [5.74, 6) is 4.51. The summed E-state index contributed by atoms with van der Waals surface area (Å²) in [6, 6.07) is 19.4. The number of nitrogens with zero attached hydrogens (tertiary/aromatic N) is 2. The number of likely N-dealkylation sites (N-methyl/N-ethyl adjacent to an activating group) is 2. The number of ether oxygens (including phenoxy) is 5. The monoisotopic (exact) mass is 688 g/mol. The second-order valence-corrected chi connectivity index (χ2v) is 12.9. The van der Waals surface area contributed by atoms with E-state index in [9.17, 15) is 0 Å². The van der Waals surface area contributed by atoms with Crippen LogP contribution in [-0.2, 0) is 39.3 Å². The average Bonchev–Trinajstić information content (AvgIpc) is 3.07. The van der Waals surface area contributed by atoms with Gasteiger partial charge in [-0.3, -0.25) is 9.80 Å². The first-order chi connectivity index (χ1) is 23.5. The first-order valence-electron chi connectivity index (χ1n) is 16.2. The van der Waals surface area contributed by atoms with E-state index in [2.05, 4.69) is 92.0 Å². The lowest BCUT2D eigenvalue weighted by Gasteiger charge is -2.37. The van der Waals surface area contributed by atoms with Gasteiger partial charge in [0.2, 0.25) is 5.76 Å². The molecule has 0 spiro atoms. The van der Waals surface area contributed by atoms with Crippen molar-refractivity contribution in [3.63, 3.8) is 0 Å². The summed E-state index contributed by atoms with van der Waals surface area (Å²) >= 11 is 0. The normalized spacial score (nSPS) is 20.0. The lowest BCUT2D eigenvalue weighted by atomic mass is 9.87. The van der Waals surface area contributed by atoms with E-state index in [0.717, 1.165) is 67.0 Å². The van der Waals surface area contributed by atoms with Crippen LogP contribution in [-0.4, -0.2) is 77.0 Å². The lowest BCUT2D eigenvalue weighted by molar-refractivity contribution is 0.198. The topological polar surface area (TPSA) is 104 Å². The summed E-state index contributed by atoms with van der Waals surface area (Å²) in [5.41, 5.74) is 7.16. The van der Waals surface area contributed by atoms with Crippen molar-refractivity contribution in [1.82, 2.24) is 9.80 Å². The van der Waals surface area contributed by atoms with Crippen molar-refractivity contribution in [3.8, 4) is 23.0 Å². The minimum Gasteiger partial charge on any atom is -0.493 e. The van der Waals surface area contributed by atoms with Gasteiger partial charge in [-0.1, -0.05) is 36.9 Å². The van der Waals surface area contributed by atoms with Crippen LogP contribution in [0, 0.1) is 6.92 Å². The molecule has 0 radical (unpaired) electrons. The highest BCUT2D eigenvalue weighted by Crippen LogP contribution is 2.40. The first-order valence-corrected chi connectivity index (χ1v) is 17.2. The fourth-order valence-electron chi connectivity index (χ4n) is 6.79. The van der Waals surface area contributed by atoms with Gasteiger partial charge in [-0.2, -0.15) is 0 Å². The standard InChI is InChI=1S/C38H44N2O5.O3S/c1-24-19-28-16-18-40(4)33-20-26-10-13-29(14-11-26)44-36-22-27(12-15-34(36)42-6)21-32-30(9-8-17-39(32)3)38(37(43-7)25(2)41-5)45-35(24)23-31(28)33;1-4(2)3/h9-15,19,22-23,32-33H,2,8,16-18,20-21H2,1,3-7H3;/b38-37-;/t32-,33-;/m0./s1. The maximum Gasteiger partial charge on any atom is 0.425 e. The number of rotatable bonds is 4. The van der Waals surface area contributed by atoms with E-state index in [1.807, 2.05) is 6.07 Å². The average molecular weight is 689 g/mol. The molecule has 10 nitrogen and oxygen atoms in total. The lowest BCUT2D eigenvalue weighted by Crippen LogP contribution is -2.40. The molecule has 0 saturated heterocycles. The number of fused-ring (bicyclic) bond motifs is 3. The molecule has 11 heteroatoms. The van der Waals surface area contributed by atoms with Gasteiger partial charge in [-0.05, 0) is 105 Å². The third kappa shape index (κ3) is 8.18. The minimum absolute atomic E-state index is 0.000201. The molecule has 2 atom stereocenters. The molecule has 3 aromatic rings. The van der Waals surface area contributed by atoms with Gasteiger partial charge in [0.05, 0.1) is 21.3 Å². The number of benzene rings is 3. The molecule has 0 fully saturated rings. The molecule has 3 aromatic carbocycles. The molecular formula is C38H44N2O8S. The Kier molecular flexibility index (Phi) is 11.5. The van der Waals surface area contributed by atoms with Gasteiger partial charge < -0.3 is 23.7 Å². The highest BCUT2D eigenvalue weighted by atomic mass is 32.2. The van der Waals surface area contributed by atoms with Crippen LogP contribution in [0.5, 0.6) is 23.0 Å². The summed E-state index contributed by atoms with van der Waals surface area (Å²) in [7, 11) is 6.19. The van der Waals surface area contributed by atoms with Crippen LogP contribution in [0.3, 0.4) is 0 Å². The van der Waals surface area contributed by atoms with Crippen LogP contribution in [0.15, 0.2) is 90.1 Å². The fourth-order valence-corrected chi connectivity index (χ4v) is 6.79. The van der Waals surface area contributed by atoms with Gasteiger partial charge in [0.1, 0.15) is 11.5 Å². The maximum absolute atomic E-state index is 8.44. The molecule has 260 valence electrons. The highest BCUT2D eigenvalue weighted by Gasteiger charge is 2.32. The molecular weight excluding hydrogens is 644 g/mol. The summed E-state index contributed by atoms with van der Waals surface area (Å²) in [6.07, 6.45) is 5.75. The van der Waals surface area contributed by atoms with Crippen molar-refractivity contribution < 1.29 is 36.3 Å². The quantitative estimate of drug-likeness (QED) is 0.297. The number of hydrogen-bond acceptors (Lipinski definition) is 10. The van der Waals surface area contributed by atoms with Crippen LogP contribution in [0.1, 0.15) is 40.3 Å². The zero-order valence-corrected chi connectivity index (χ0v) is 29.8. The Bertz CT molecular complexity index is 1860. The summed E-state index contributed by atoms with van der Waals surface area (Å²) in [4.78, 5) is 4.81. The Balaban J connectivity index is 0.00000111. The zero-order valence-electron chi connectivity index (χ0n) is 28.9. The predicted octanol–water partition coefficient (Wildman–Crippen LogP) is 6.15. The van der Waals surface area contributed by atoms with Gasteiger partial charge in [0, 0.05) is 30.7 Å². The van der Waals surface area contributed by atoms with Crippen molar-refractivity contribution in [2.75, 3.05) is 48.5 Å². The maximum atomic E-state index is 8.44. The second-order valence-electron chi connectivity index (χ2n) is 12.4. The number of aryl methyl sites for hydroxylation is 1. The third-order valence-electron chi connectivity index (χ3n) is 9.42. The summed E-state index contributed by atoms with van der Waals surface area (Å²) in [6.45, 7) is 8.22. The smallest absolute Gasteiger partial charge is 0.425 e. The molecule has 0 N–H and O–H groups in total. The van der Waals surface area contributed by atoms with Crippen molar-refractivity contribution >= 4 is 10.6 Å². The fraction of sp³-hybridized carbons (Fsp3) is 0.368. The van der Waals surface area contributed by atoms with Crippen molar-refractivity contribution in [3.05, 3.63) is 118 Å². The minimum atomic E-state index is -3.11. The van der Waals surface area contributed by atoms with Gasteiger partial charge in [-0.25, -0.2) is 0 Å². The SMILES string of the molecule is C=C(OC)/C(OC)=C1/Oc2cc3c(cc2C)CCN(C)[C@H]3Cc2ccc(cc2)Oc2cc(ccc2OC)C[C@H]2C1=CCCN2C.O=S(=O)=O. The Labute approximate surface area is 290 Å². The van der Waals surface area contributed by atoms with Crippen LogP contribution in [0.25, 0.3) is 0 Å². The van der Waals surface area contributed by atoms with E-state index < -0.39 is 10.6 Å². The zero-order chi connectivity index (χ0) is 35.2. The van der Waals surface area contributed by atoms with Crippen LogP contribution in [0.2, 0.25) is 0 Å². The predicted molar refractivity (Wildman–Crippen MR) is 187 cm³/mol. The van der Waals surface area contributed by atoms with E-state index >= 15 is 0 Å². The van der Waals surface area contributed by atoms with Gasteiger partial charge in [0.15, 0.2) is 23.0 Å². The molecule has 0 saturated carbocycles. The van der Waals surface area contributed by atoms with Crippen LogP contribution >= 0.6 is 0 Å². The van der Waals surface area contributed by atoms with Gasteiger partial charge >= 0.3 is 10.6 Å². The Hall–Kier alpha value is -4.58. The molecule has 49 heavy (non-hydrogen) atoms. The molecule has 0 aliphatic carbocycles. The van der Waals surface area contributed by atoms with E-state index in [4.69, 9.17) is 36.3 Å². The van der Waals surface area contributed by atoms with E-state index in [0.29, 0.717) is 28.8 Å². The van der Waals surface area contributed by atoms with E-state index in [1.165, 1.54) is 16.7 Å². The largest absolute Gasteiger partial charge is 0.493 e. The molecule has 6 bridgehead atoms. The molecule has 0 aromatic heterocycles. The van der Waals surface area contributed by atoms with Crippen LogP contribution in [0.4, 0.5) is 0 Å². The van der Waals surface area contributed by atoms with E-state index in [-0.39, 0.29) is 12.1 Å². The van der Waals surface area contributed by atoms with Crippen molar-refractivity contribution in [1.29, 1.82) is 0 Å². The van der Waals surface area contributed by atoms with E-state index in [1.54, 1.807) is 21.3 Å². The molecule has 0 amide bonds. The third-order valence-corrected chi connectivity index (χ3v) is 9.42. The Morgan fingerprint density at radius 1 is 0.837 bits per heavy atom. The Morgan fingerprint density at radius 2 is 1.51 bits per heavy atom. The molecule has 4 aliphatic heterocycles. The first kappa shape index (κ1) is 35.7. The molecule has 4 heterocycles. The number of methoxy groups -OCH3 is 3. The van der Waals surface area contributed by atoms with Crippen molar-refractivity contribution in [2.45, 2.75) is 44.7 Å².